The second kappa shape index (κ2) is 6.43. The molecule has 1 saturated heterocycles. The van der Waals surface area contributed by atoms with Gasteiger partial charge in [0, 0.05) is 19.5 Å². The minimum atomic E-state index is -3.17. The molecule has 0 bridgehead atoms. The number of hydrogen-bond donors (Lipinski definition) is 1. The highest BCUT2D eigenvalue weighted by Crippen LogP contribution is 2.32. The van der Waals surface area contributed by atoms with E-state index in [2.05, 4.69) is 0 Å². The first kappa shape index (κ1) is 15.8. The van der Waals surface area contributed by atoms with Gasteiger partial charge in [0.25, 0.3) is 0 Å². The maximum absolute atomic E-state index is 12.6. The van der Waals surface area contributed by atoms with Crippen LogP contribution in [0.4, 0.5) is 0 Å². The van der Waals surface area contributed by atoms with Crippen LogP contribution < -0.4 is 0 Å². The van der Waals surface area contributed by atoms with Crippen molar-refractivity contribution in [1.82, 2.24) is 4.31 Å². The lowest BCUT2D eigenvalue weighted by Crippen LogP contribution is -2.45. The van der Waals surface area contributed by atoms with E-state index in [0.29, 0.717) is 13.1 Å². The lowest BCUT2D eigenvalue weighted by Gasteiger charge is -2.36. The average Bonchev–Trinajstić information content (AvgIpc) is 2.92. The van der Waals surface area contributed by atoms with Gasteiger partial charge < -0.3 is 5.11 Å². The summed E-state index contributed by atoms with van der Waals surface area (Å²) in [6, 6.07) is 0. The van der Waals surface area contributed by atoms with Gasteiger partial charge in [-0.05, 0) is 37.5 Å². The van der Waals surface area contributed by atoms with Gasteiger partial charge in [0.15, 0.2) is 0 Å². The summed E-state index contributed by atoms with van der Waals surface area (Å²) in [7, 11) is -3.17. The molecular weight excluding hydrogens is 278 g/mol. The average molecular weight is 303 g/mol. The number of sulfonamides is 1. The number of hydrogen-bond acceptors (Lipinski definition) is 3. The van der Waals surface area contributed by atoms with Crippen LogP contribution in [0.2, 0.25) is 0 Å². The molecule has 1 saturated carbocycles. The Morgan fingerprint density at radius 1 is 1.25 bits per heavy atom. The van der Waals surface area contributed by atoms with Crippen molar-refractivity contribution < 1.29 is 18.3 Å². The molecule has 1 aliphatic heterocycles. The van der Waals surface area contributed by atoms with Crippen LogP contribution in [-0.2, 0) is 14.8 Å². The van der Waals surface area contributed by atoms with Crippen LogP contribution in [-0.4, -0.2) is 42.1 Å². The van der Waals surface area contributed by atoms with Crippen LogP contribution >= 0.6 is 0 Å². The van der Waals surface area contributed by atoms with E-state index < -0.39 is 16.0 Å². The van der Waals surface area contributed by atoms with Crippen molar-refractivity contribution in [2.24, 2.45) is 11.8 Å². The second-order valence-corrected chi connectivity index (χ2v) is 8.50. The minimum Gasteiger partial charge on any atom is -0.481 e. The summed E-state index contributed by atoms with van der Waals surface area (Å²) in [5, 5.41) is 8.68. The van der Waals surface area contributed by atoms with Gasteiger partial charge in [0.2, 0.25) is 10.0 Å². The van der Waals surface area contributed by atoms with Gasteiger partial charge in [0.05, 0.1) is 5.25 Å². The van der Waals surface area contributed by atoms with E-state index in [1.165, 1.54) is 0 Å². The van der Waals surface area contributed by atoms with Gasteiger partial charge in [-0.1, -0.05) is 19.8 Å². The molecule has 0 amide bonds. The fourth-order valence-corrected chi connectivity index (χ4v) is 5.64. The summed E-state index contributed by atoms with van der Waals surface area (Å²) < 4.78 is 26.8. The smallest absolute Gasteiger partial charge is 0.303 e. The van der Waals surface area contributed by atoms with Crippen LogP contribution in [0.25, 0.3) is 0 Å². The van der Waals surface area contributed by atoms with Gasteiger partial charge in [-0.3, -0.25) is 4.79 Å². The maximum Gasteiger partial charge on any atom is 0.303 e. The molecule has 0 spiro atoms. The van der Waals surface area contributed by atoms with E-state index >= 15 is 0 Å². The SMILES string of the molecule is CC(CC(=O)O)C1CCCN(S(=O)(=O)C2CCCC2)C1. The molecule has 20 heavy (non-hydrogen) atoms. The molecule has 2 atom stereocenters. The number of carboxylic acids is 1. The van der Waals surface area contributed by atoms with Gasteiger partial charge in [-0.2, -0.15) is 0 Å². The fourth-order valence-electron chi connectivity index (χ4n) is 3.51. The molecule has 2 fully saturated rings. The first-order valence-corrected chi connectivity index (χ1v) is 9.12. The molecule has 0 aromatic heterocycles. The fraction of sp³-hybridized carbons (Fsp3) is 0.929. The third kappa shape index (κ3) is 3.52. The molecule has 0 aromatic rings. The molecule has 1 aliphatic carbocycles. The first-order chi connectivity index (χ1) is 9.41. The summed E-state index contributed by atoms with van der Waals surface area (Å²) in [6.45, 7) is 3.03. The predicted molar refractivity (Wildman–Crippen MR) is 76.9 cm³/mol. The summed E-state index contributed by atoms with van der Waals surface area (Å²) in [5.74, 6) is -0.585. The number of rotatable bonds is 5. The predicted octanol–water partition coefficient (Wildman–Crippen LogP) is 2.08. The third-order valence-electron chi connectivity index (χ3n) is 4.81. The number of nitrogens with zero attached hydrogens (tertiary/aromatic N) is 1. The van der Waals surface area contributed by atoms with E-state index in [1.54, 1.807) is 4.31 Å². The quantitative estimate of drug-likeness (QED) is 0.844. The van der Waals surface area contributed by atoms with Gasteiger partial charge in [-0.15, -0.1) is 0 Å². The van der Waals surface area contributed by atoms with Crippen molar-refractivity contribution in [3.05, 3.63) is 0 Å². The summed E-state index contributed by atoms with van der Waals surface area (Å²) in [4.78, 5) is 10.8. The van der Waals surface area contributed by atoms with E-state index in [1.807, 2.05) is 6.92 Å². The number of carboxylic acid groups (broad SMARTS) is 1. The standard InChI is InChI=1S/C14H25NO4S/c1-11(9-14(16)17)12-5-4-8-15(10-12)20(18,19)13-6-2-3-7-13/h11-13H,2-10H2,1H3,(H,16,17). The molecule has 2 rings (SSSR count). The van der Waals surface area contributed by atoms with Gasteiger partial charge in [-0.25, -0.2) is 12.7 Å². The van der Waals surface area contributed by atoms with Crippen LogP contribution in [0, 0.1) is 11.8 Å². The highest BCUT2D eigenvalue weighted by Gasteiger charge is 2.37. The topological polar surface area (TPSA) is 74.7 Å². The van der Waals surface area contributed by atoms with Crippen LogP contribution in [0.15, 0.2) is 0 Å². The Bertz CT molecular complexity index is 442. The molecule has 2 aliphatic rings. The Labute approximate surface area is 121 Å². The van der Waals surface area contributed by atoms with Crippen molar-refractivity contribution in [2.45, 2.75) is 57.1 Å². The number of carbonyl (C=O) groups is 1. The first-order valence-electron chi connectivity index (χ1n) is 7.62. The largest absolute Gasteiger partial charge is 0.481 e. The molecule has 1 N–H and O–H groups in total. The minimum absolute atomic E-state index is 0.0362. The second-order valence-electron chi connectivity index (χ2n) is 6.29. The van der Waals surface area contributed by atoms with Gasteiger partial charge in [0.1, 0.15) is 0 Å². The zero-order valence-corrected chi connectivity index (χ0v) is 12.9. The van der Waals surface area contributed by atoms with E-state index in [9.17, 15) is 13.2 Å². The number of aliphatic carboxylic acids is 1. The molecular formula is C14H25NO4S. The Kier molecular flexibility index (Phi) is 5.07. The lowest BCUT2D eigenvalue weighted by atomic mass is 9.85. The van der Waals surface area contributed by atoms with E-state index in [4.69, 9.17) is 5.11 Å². The Balaban J connectivity index is 2.00. The van der Waals surface area contributed by atoms with Crippen molar-refractivity contribution in [3.8, 4) is 0 Å². The highest BCUT2D eigenvalue weighted by atomic mass is 32.2. The monoisotopic (exact) mass is 303 g/mol. The molecule has 5 nitrogen and oxygen atoms in total. The van der Waals surface area contributed by atoms with E-state index in [0.717, 1.165) is 38.5 Å². The Morgan fingerprint density at radius 2 is 1.90 bits per heavy atom. The molecule has 0 aromatic carbocycles. The third-order valence-corrected chi connectivity index (χ3v) is 7.17. The van der Waals surface area contributed by atoms with Crippen molar-refractivity contribution >= 4 is 16.0 Å². The highest BCUT2D eigenvalue weighted by molar-refractivity contribution is 7.89. The zero-order chi connectivity index (χ0) is 14.8. The Morgan fingerprint density at radius 3 is 2.50 bits per heavy atom. The molecule has 1 heterocycles. The van der Waals surface area contributed by atoms with Crippen molar-refractivity contribution in [3.63, 3.8) is 0 Å². The number of piperidine rings is 1. The lowest BCUT2D eigenvalue weighted by molar-refractivity contribution is -0.138. The maximum atomic E-state index is 12.6. The molecule has 6 heteroatoms. The van der Waals surface area contributed by atoms with Crippen molar-refractivity contribution in [2.75, 3.05) is 13.1 Å². The molecule has 0 radical (unpaired) electrons. The van der Waals surface area contributed by atoms with Crippen LogP contribution in [0.5, 0.6) is 0 Å². The summed E-state index contributed by atoms with van der Waals surface area (Å²) >= 11 is 0. The van der Waals surface area contributed by atoms with Crippen molar-refractivity contribution in [1.29, 1.82) is 0 Å². The van der Waals surface area contributed by atoms with Crippen LogP contribution in [0.3, 0.4) is 0 Å². The molecule has 2 unspecified atom stereocenters. The summed E-state index contributed by atoms with van der Waals surface area (Å²) in [5.41, 5.74) is 0. The normalized spacial score (nSPS) is 27.6. The van der Waals surface area contributed by atoms with E-state index in [-0.39, 0.29) is 23.5 Å². The Hall–Kier alpha value is -0.620. The summed E-state index contributed by atoms with van der Waals surface area (Å²) in [6.07, 6.45) is 5.50. The van der Waals surface area contributed by atoms with Gasteiger partial charge >= 0.3 is 5.97 Å². The zero-order valence-electron chi connectivity index (χ0n) is 12.1. The van der Waals surface area contributed by atoms with Crippen LogP contribution in [0.1, 0.15) is 51.9 Å². The molecule has 116 valence electrons.